The Morgan fingerprint density at radius 1 is 0.852 bits per heavy atom. The second-order valence-electron chi connectivity index (χ2n) is 7.87. The molecule has 1 N–H and O–H groups in total. The average Bonchev–Trinajstić information content (AvgIpc) is 3.15. The minimum atomic E-state index is -0.994. The summed E-state index contributed by atoms with van der Waals surface area (Å²) < 4.78 is 12.8. The van der Waals surface area contributed by atoms with Crippen LogP contribution < -0.4 is 0 Å². The molecule has 1 aliphatic heterocycles. The van der Waals surface area contributed by atoms with Crippen LogP contribution in [0.3, 0.4) is 0 Å². The average molecular weight is 369 g/mol. The van der Waals surface area contributed by atoms with Crippen molar-refractivity contribution in [3.63, 3.8) is 0 Å². The van der Waals surface area contributed by atoms with Crippen molar-refractivity contribution < 1.29 is 14.6 Å². The Morgan fingerprint density at radius 3 is 1.74 bits per heavy atom. The van der Waals surface area contributed by atoms with E-state index in [0.29, 0.717) is 6.42 Å². The molecule has 0 aliphatic carbocycles. The number of unbranched alkanes of at least 4 members (excludes halogenated alkanes) is 2. The van der Waals surface area contributed by atoms with Crippen LogP contribution in [-0.2, 0) is 9.47 Å². The quantitative estimate of drug-likeness (QED) is 0.598. The van der Waals surface area contributed by atoms with Crippen molar-refractivity contribution in [2.24, 2.45) is 5.92 Å². The van der Waals surface area contributed by atoms with Crippen molar-refractivity contribution in [2.45, 2.75) is 70.6 Å². The first-order valence-electron chi connectivity index (χ1n) is 10.2. The van der Waals surface area contributed by atoms with Gasteiger partial charge in [0.25, 0.3) is 0 Å². The zero-order valence-electron chi connectivity index (χ0n) is 16.7. The van der Waals surface area contributed by atoms with E-state index in [0.717, 1.165) is 30.4 Å². The summed E-state index contributed by atoms with van der Waals surface area (Å²) in [6, 6.07) is 20.3. The number of benzene rings is 2. The van der Waals surface area contributed by atoms with Gasteiger partial charge in [-0.3, -0.25) is 0 Å². The van der Waals surface area contributed by atoms with Gasteiger partial charge in [-0.25, -0.2) is 0 Å². The molecular weight excluding hydrogens is 336 g/mol. The van der Waals surface area contributed by atoms with Crippen molar-refractivity contribution >= 4 is 0 Å². The van der Waals surface area contributed by atoms with Gasteiger partial charge in [-0.2, -0.15) is 0 Å². The minimum Gasteiger partial charge on any atom is -0.384 e. The lowest BCUT2D eigenvalue weighted by Gasteiger charge is -2.36. The molecule has 2 aromatic carbocycles. The Balaban J connectivity index is 1.89. The maximum atomic E-state index is 11.5. The number of hydrogen-bond donors (Lipinski definition) is 1. The highest BCUT2D eigenvalue weighted by atomic mass is 16.7. The predicted molar refractivity (Wildman–Crippen MR) is 108 cm³/mol. The van der Waals surface area contributed by atoms with E-state index in [2.05, 4.69) is 31.2 Å². The molecule has 0 saturated carbocycles. The highest BCUT2D eigenvalue weighted by molar-refractivity contribution is 5.26. The van der Waals surface area contributed by atoms with Crippen LogP contribution in [0.25, 0.3) is 0 Å². The molecular formula is C24H32O3. The molecule has 0 spiro atoms. The molecule has 1 fully saturated rings. The summed E-state index contributed by atoms with van der Waals surface area (Å²) in [4.78, 5) is 0. The molecule has 1 aliphatic rings. The van der Waals surface area contributed by atoms with Crippen molar-refractivity contribution in [2.75, 3.05) is 0 Å². The third kappa shape index (κ3) is 4.43. The molecule has 0 amide bonds. The first-order chi connectivity index (χ1) is 13.1. The van der Waals surface area contributed by atoms with E-state index in [1.54, 1.807) is 0 Å². The number of hydrogen-bond acceptors (Lipinski definition) is 3. The Kier molecular flexibility index (Phi) is 6.69. The fourth-order valence-electron chi connectivity index (χ4n) is 3.81. The molecule has 3 nitrogen and oxygen atoms in total. The fourth-order valence-corrected chi connectivity index (χ4v) is 3.81. The second-order valence-corrected chi connectivity index (χ2v) is 7.87. The maximum absolute atomic E-state index is 11.5. The normalized spacial score (nSPS) is 22.9. The van der Waals surface area contributed by atoms with Crippen LogP contribution in [0.2, 0.25) is 0 Å². The summed E-state index contributed by atoms with van der Waals surface area (Å²) in [5.74, 6) is 0.0466. The van der Waals surface area contributed by atoms with Gasteiger partial charge < -0.3 is 14.6 Å². The summed E-state index contributed by atoms with van der Waals surface area (Å²) in [6.07, 6.45) is 2.80. The van der Waals surface area contributed by atoms with E-state index in [1.165, 1.54) is 0 Å². The van der Waals surface area contributed by atoms with Gasteiger partial charge in [0.2, 0.25) is 0 Å². The van der Waals surface area contributed by atoms with Crippen LogP contribution in [0, 0.1) is 5.92 Å². The molecule has 0 aromatic heterocycles. The van der Waals surface area contributed by atoms with Crippen molar-refractivity contribution in [3.05, 3.63) is 71.8 Å². The van der Waals surface area contributed by atoms with E-state index >= 15 is 0 Å². The van der Waals surface area contributed by atoms with Crippen LogP contribution in [0.5, 0.6) is 0 Å². The zero-order chi connectivity index (χ0) is 19.3. The summed E-state index contributed by atoms with van der Waals surface area (Å²) in [7, 11) is 0. The SMILES string of the molecule is CCCCC[C@@](O)(C(C)C)C1O[C@@H](c2ccccc2)[C@H](c2ccccc2)O1. The molecule has 3 atom stereocenters. The van der Waals surface area contributed by atoms with Gasteiger partial charge in [-0.1, -0.05) is 101 Å². The lowest BCUT2D eigenvalue weighted by Crippen LogP contribution is -2.47. The number of rotatable bonds is 8. The Labute approximate surface area is 163 Å². The molecule has 27 heavy (non-hydrogen) atoms. The van der Waals surface area contributed by atoms with Gasteiger partial charge in [-0.15, -0.1) is 0 Å². The Bertz CT molecular complexity index is 638. The minimum absolute atomic E-state index is 0.0466. The van der Waals surface area contributed by atoms with E-state index in [9.17, 15) is 5.11 Å². The fraction of sp³-hybridized carbons (Fsp3) is 0.500. The molecule has 1 heterocycles. The molecule has 146 valence electrons. The molecule has 0 radical (unpaired) electrons. The smallest absolute Gasteiger partial charge is 0.188 e. The van der Waals surface area contributed by atoms with Crippen LogP contribution in [0.15, 0.2) is 60.7 Å². The van der Waals surface area contributed by atoms with Crippen LogP contribution in [0.1, 0.15) is 69.8 Å². The summed E-state index contributed by atoms with van der Waals surface area (Å²) in [5, 5.41) is 11.5. The van der Waals surface area contributed by atoms with Crippen molar-refractivity contribution in [1.29, 1.82) is 0 Å². The second kappa shape index (κ2) is 9.01. The number of aliphatic hydroxyl groups is 1. The van der Waals surface area contributed by atoms with Gasteiger partial charge in [0.1, 0.15) is 17.8 Å². The third-order valence-electron chi connectivity index (χ3n) is 5.66. The van der Waals surface area contributed by atoms with Gasteiger partial charge in [0.05, 0.1) is 0 Å². The Morgan fingerprint density at radius 2 is 1.33 bits per heavy atom. The van der Waals surface area contributed by atoms with Crippen LogP contribution in [-0.4, -0.2) is 17.0 Å². The van der Waals surface area contributed by atoms with E-state index in [4.69, 9.17) is 9.47 Å². The largest absolute Gasteiger partial charge is 0.384 e. The summed E-state index contributed by atoms with van der Waals surface area (Å²) in [5.41, 5.74) is 1.16. The van der Waals surface area contributed by atoms with E-state index in [1.807, 2.05) is 50.2 Å². The van der Waals surface area contributed by atoms with Crippen molar-refractivity contribution in [1.82, 2.24) is 0 Å². The lowest BCUT2D eigenvalue weighted by molar-refractivity contribution is -0.215. The standard InChI is InChI=1S/C24H32O3/c1-4-5-12-17-24(25,18(2)3)23-26-21(19-13-8-6-9-14-19)22(27-23)20-15-10-7-11-16-20/h6-11,13-16,18,21-23,25H,4-5,12,17H2,1-3H3/t21-,22-,24+/m0/s1. The molecule has 3 rings (SSSR count). The first-order valence-corrected chi connectivity index (χ1v) is 10.2. The molecule has 0 unspecified atom stereocenters. The highest BCUT2D eigenvalue weighted by Gasteiger charge is 2.49. The van der Waals surface area contributed by atoms with Gasteiger partial charge in [0, 0.05) is 0 Å². The third-order valence-corrected chi connectivity index (χ3v) is 5.66. The van der Waals surface area contributed by atoms with Gasteiger partial charge in [-0.05, 0) is 23.5 Å². The van der Waals surface area contributed by atoms with Gasteiger partial charge >= 0.3 is 0 Å². The Hall–Kier alpha value is -1.68. The topological polar surface area (TPSA) is 38.7 Å². The molecule has 2 aromatic rings. The van der Waals surface area contributed by atoms with Crippen LogP contribution in [0.4, 0.5) is 0 Å². The highest BCUT2D eigenvalue weighted by Crippen LogP contribution is 2.47. The molecule has 0 bridgehead atoms. The molecule has 1 saturated heterocycles. The van der Waals surface area contributed by atoms with Gasteiger partial charge in [0.15, 0.2) is 6.29 Å². The molecule has 3 heteroatoms. The predicted octanol–water partition coefficient (Wildman–Crippen LogP) is 5.81. The maximum Gasteiger partial charge on any atom is 0.188 e. The number of ether oxygens (including phenoxy) is 2. The van der Waals surface area contributed by atoms with Crippen molar-refractivity contribution in [3.8, 4) is 0 Å². The summed E-state index contributed by atoms with van der Waals surface area (Å²) in [6.45, 7) is 6.27. The van der Waals surface area contributed by atoms with E-state index < -0.39 is 11.9 Å². The monoisotopic (exact) mass is 368 g/mol. The lowest BCUT2D eigenvalue weighted by atomic mass is 9.84. The van der Waals surface area contributed by atoms with Crippen LogP contribution >= 0.6 is 0 Å². The van der Waals surface area contributed by atoms with E-state index in [-0.39, 0.29) is 18.1 Å². The summed E-state index contributed by atoms with van der Waals surface area (Å²) >= 11 is 0. The first kappa shape index (κ1) is 20.1. The zero-order valence-corrected chi connectivity index (χ0v) is 16.7.